The number of anilines is 2. The van der Waals surface area contributed by atoms with Crippen LogP contribution in [0.4, 0.5) is 16.2 Å². The van der Waals surface area contributed by atoms with Gasteiger partial charge in [0.1, 0.15) is 37.5 Å². The molecule has 0 radical (unpaired) electrons. The van der Waals surface area contributed by atoms with E-state index < -0.39 is 23.7 Å². The van der Waals surface area contributed by atoms with Crippen LogP contribution >= 0.6 is 23.2 Å². The summed E-state index contributed by atoms with van der Waals surface area (Å²) in [6, 6.07) is 29.0. The third-order valence-electron chi connectivity index (χ3n) is 11.6. The SMILES string of the molecule is CC1(C)CC/C(=C\c2ccc(Cl)cc2)C1(O)Cn1cncn1.COC(=O)N(OC)c1ccccc1COc1ccn(-c2ccc(Cl)cc2)n1.COCC(=O)N(c1c(C)cccc1C)C(C)C(=O)OC. The summed E-state index contributed by atoms with van der Waals surface area (Å²) in [5.41, 5.74) is 5.66. The Morgan fingerprint density at radius 3 is 2.12 bits per heavy atom. The average Bonchev–Trinajstić information content (AvgIpc) is 4.09. The van der Waals surface area contributed by atoms with Crippen LogP contribution in [0, 0.1) is 19.3 Å². The van der Waals surface area contributed by atoms with Gasteiger partial charge in [0.2, 0.25) is 5.88 Å². The Hall–Kier alpha value is -6.56. The zero-order chi connectivity index (χ0) is 50.3. The number of ether oxygens (including phenoxy) is 4. The van der Waals surface area contributed by atoms with E-state index in [0.717, 1.165) is 57.1 Å². The summed E-state index contributed by atoms with van der Waals surface area (Å²) in [5, 5.41) is 22.3. The minimum atomic E-state index is -0.930. The molecular formula is C51H59Cl2N7O9. The molecule has 366 valence electrons. The minimum Gasteiger partial charge on any atom is -0.472 e. The first-order valence-electron chi connectivity index (χ1n) is 21.9. The number of halogens is 2. The molecule has 4 aromatic carbocycles. The monoisotopic (exact) mass is 983 g/mol. The second-order valence-electron chi connectivity index (χ2n) is 16.6. The minimum absolute atomic E-state index is 0.0882. The van der Waals surface area contributed by atoms with Crippen LogP contribution < -0.4 is 14.7 Å². The number of hydrogen-bond donors (Lipinski definition) is 1. The van der Waals surface area contributed by atoms with Gasteiger partial charge in [-0.25, -0.2) is 23.9 Å². The van der Waals surface area contributed by atoms with E-state index in [4.69, 9.17) is 47.0 Å². The highest BCUT2D eigenvalue weighted by Crippen LogP contribution is 2.50. The van der Waals surface area contributed by atoms with Crippen molar-refractivity contribution in [2.45, 2.75) is 72.3 Å². The van der Waals surface area contributed by atoms with Crippen LogP contribution in [-0.2, 0) is 41.8 Å². The Kier molecular flexibility index (Phi) is 19.1. The van der Waals surface area contributed by atoms with E-state index in [9.17, 15) is 19.5 Å². The predicted octanol–water partition coefficient (Wildman–Crippen LogP) is 9.65. The second kappa shape index (κ2) is 24.6. The molecule has 2 amide bonds. The van der Waals surface area contributed by atoms with Crippen LogP contribution in [0.2, 0.25) is 10.0 Å². The number of aliphatic hydroxyl groups is 1. The van der Waals surface area contributed by atoms with Crippen molar-refractivity contribution in [2.24, 2.45) is 5.41 Å². The van der Waals surface area contributed by atoms with Crippen molar-refractivity contribution in [3.05, 3.63) is 154 Å². The second-order valence-corrected chi connectivity index (χ2v) is 17.5. The van der Waals surface area contributed by atoms with Crippen LogP contribution in [0.25, 0.3) is 11.8 Å². The van der Waals surface area contributed by atoms with Crippen molar-refractivity contribution in [1.29, 1.82) is 0 Å². The molecule has 1 aliphatic carbocycles. The molecule has 7 rings (SSSR count). The Morgan fingerprint density at radius 2 is 1.52 bits per heavy atom. The highest BCUT2D eigenvalue weighted by Gasteiger charge is 2.51. The molecule has 0 aliphatic heterocycles. The average molecular weight is 985 g/mol. The summed E-state index contributed by atoms with van der Waals surface area (Å²) in [4.78, 5) is 46.5. The number of esters is 1. The molecule has 0 spiro atoms. The smallest absolute Gasteiger partial charge is 0.438 e. The third kappa shape index (κ3) is 13.6. The summed E-state index contributed by atoms with van der Waals surface area (Å²) in [7, 11) is 5.44. The van der Waals surface area contributed by atoms with Gasteiger partial charge in [-0.2, -0.15) is 10.2 Å². The fourth-order valence-electron chi connectivity index (χ4n) is 7.76. The van der Waals surface area contributed by atoms with Crippen molar-refractivity contribution in [2.75, 3.05) is 45.0 Å². The molecule has 2 atom stereocenters. The van der Waals surface area contributed by atoms with Gasteiger partial charge in [0, 0.05) is 35.0 Å². The van der Waals surface area contributed by atoms with E-state index in [1.165, 1.54) is 39.7 Å². The number of nitrogens with zero attached hydrogens (tertiary/aromatic N) is 7. The molecule has 6 aromatic rings. The van der Waals surface area contributed by atoms with Gasteiger partial charge in [-0.1, -0.05) is 91.7 Å². The number of carbonyl (C=O) groups excluding carboxylic acids is 3. The maximum Gasteiger partial charge on any atom is 0.438 e. The van der Waals surface area contributed by atoms with E-state index in [1.54, 1.807) is 59.1 Å². The van der Waals surface area contributed by atoms with Crippen LogP contribution in [0.15, 0.2) is 121 Å². The molecule has 16 nitrogen and oxygen atoms in total. The number of benzene rings is 4. The van der Waals surface area contributed by atoms with Gasteiger partial charge < -0.3 is 24.1 Å². The first kappa shape index (κ1) is 53.4. The number of rotatable bonds is 14. The van der Waals surface area contributed by atoms with Crippen LogP contribution in [0.1, 0.15) is 55.9 Å². The first-order valence-corrected chi connectivity index (χ1v) is 22.6. The van der Waals surface area contributed by atoms with Gasteiger partial charge in [0.25, 0.3) is 5.91 Å². The fraction of sp³-hybridized carbons (Fsp3) is 0.333. The summed E-state index contributed by atoms with van der Waals surface area (Å²) in [6.45, 7) is 10.2. The van der Waals surface area contributed by atoms with Crippen molar-refractivity contribution < 1.29 is 43.3 Å². The molecule has 69 heavy (non-hydrogen) atoms. The highest BCUT2D eigenvalue weighted by molar-refractivity contribution is 6.30. The van der Waals surface area contributed by atoms with E-state index in [-0.39, 0.29) is 24.5 Å². The van der Waals surface area contributed by atoms with Crippen molar-refractivity contribution in [1.82, 2.24) is 24.5 Å². The third-order valence-corrected chi connectivity index (χ3v) is 12.2. The number of aryl methyl sites for hydroxylation is 2. The Balaban J connectivity index is 0.000000196. The molecule has 0 bridgehead atoms. The van der Waals surface area contributed by atoms with Crippen LogP contribution in [0.5, 0.6) is 5.88 Å². The number of methoxy groups -OCH3 is 3. The molecule has 1 aliphatic rings. The maximum absolute atomic E-state index is 12.3. The molecule has 2 aromatic heterocycles. The molecule has 1 saturated carbocycles. The summed E-state index contributed by atoms with van der Waals surface area (Å²) in [5.74, 6) is -0.290. The highest BCUT2D eigenvalue weighted by atomic mass is 35.5. The van der Waals surface area contributed by atoms with Crippen molar-refractivity contribution in [3.63, 3.8) is 0 Å². The molecule has 2 unspecified atom stereocenters. The van der Waals surface area contributed by atoms with Gasteiger partial charge >= 0.3 is 12.1 Å². The van der Waals surface area contributed by atoms with Crippen LogP contribution in [-0.4, -0.2) is 94.3 Å². The first-order chi connectivity index (χ1) is 33.0. The quantitative estimate of drug-likeness (QED) is 0.0810. The lowest BCUT2D eigenvalue weighted by Gasteiger charge is -2.37. The molecule has 18 heteroatoms. The van der Waals surface area contributed by atoms with Gasteiger partial charge in [-0.3, -0.25) is 14.5 Å². The van der Waals surface area contributed by atoms with Crippen molar-refractivity contribution in [3.8, 4) is 11.6 Å². The summed E-state index contributed by atoms with van der Waals surface area (Å²) in [6.07, 6.45) is 8.19. The van der Waals surface area contributed by atoms with Gasteiger partial charge in [-0.15, -0.1) is 5.10 Å². The summed E-state index contributed by atoms with van der Waals surface area (Å²) < 4.78 is 23.5. The number of para-hydroxylation sites is 2. The number of amides is 2. The van der Waals surface area contributed by atoms with Gasteiger partial charge in [0.05, 0.1) is 44.9 Å². The fourth-order valence-corrected chi connectivity index (χ4v) is 8.01. The number of carbonyl (C=O) groups is 3. The van der Waals surface area contributed by atoms with Crippen molar-refractivity contribution >= 4 is 58.6 Å². The largest absolute Gasteiger partial charge is 0.472 e. The van der Waals surface area contributed by atoms with E-state index in [0.29, 0.717) is 28.2 Å². The molecule has 1 N–H and O–H groups in total. The Bertz CT molecular complexity index is 2640. The van der Waals surface area contributed by atoms with E-state index >= 15 is 0 Å². The standard InChI is InChI=1S/C19H18ClN3O4.C17H20ClN3O.C15H21NO4/c1-25-19(24)23(26-2)17-6-4-3-5-14(17)13-27-18-11-12-22(21-18)16-9-7-15(20)8-10-16;1-16(2)8-7-14(9-13-3-5-15(18)6-4-13)17(16,22)10-21-12-19-11-20-21;1-10-7-6-8-11(2)14(10)16(13(17)9-19-4)12(3)15(18)20-5/h3-12H,13H2,1-2H3;3-6,9,11-12,22H,7-8,10H2,1-2H3;6-8,12H,9H2,1-5H3/b;14-9+;. The zero-order valence-electron chi connectivity index (χ0n) is 40.3. The van der Waals surface area contributed by atoms with Gasteiger partial charge in [0.15, 0.2) is 0 Å². The Morgan fingerprint density at radius 1 is 0.870 bits per heavy atom. The molecule has 2 heterocycles. The lowest BCUT2D eigenvalue weighted by molar-refractivity contribution is -0.143. The Labute approximate surface area is 412 Å². The molecular weight excluding hydrogens is 926 g/mol. The molecule has 1 fully saturated rings. The summed E-state index contributed by atoms with van der Waals surface area (Å²) >= 11 is 11.8. The zero-order valence-corrected chi connectivity index (χ0v) is 41.8. The number of hydrogen-bond acceptors (Lipinski definition) is 12. The topological polar surface area (TPSA) is 173 Å². The predicted molar refractivity (Wildman–Crippen MR) is 265 cm³/mol. The number of aromatic nitrogens is 5. The maximum atomic E-state index is 12.3. The molecule has 0 saturated heterocycles. The van der Waals surface area contributed by atoms with Gasteiger partial charge in [-0.05, 0) is 104 Å². The van der Waals surface area contributed by atoms with E-state index in [2.05, 4.69) is 35.1 Å². The normalized spacial score (nSPS) is 15.7. The number of hydroxylamine groups is 1. The van der Waals surface area contributed by atoms with Crippen LogP contribution in [0.3, 0.4) is 0 Å². The lowest BCUT2D eigenvalue weighted by Crippen LogP contribution is -2.46. The lowest BCUT2D eigenvalue weighted by atomic mass is 9.76. The van der Waals surface area contributed by atoms with E-state index in [1.807, 2.05) is 80.6 Å².